The molecule has 0 amide bonds. The fourth-order valence-electron chi connectivity index (χ4n) is 1.28. The number of hydrogen-bond donors (Lipinski definition) is 1. The van der Waals surface area contributed by atoms with Crippen molar-refractivity contribution in [3.63, 3.8) is 0 Å². The van der Waals surface area contributed by atoms with Crippen molar-refractivity contribution >= 4 is 43.2 Å². The Labute approximate surface area is 106 Å². The van der Waals surface area contributed by atoms with Crippen molar-refractivity contribution in [1.29, 1.82) is 0 Å². The monoisotopic (exact) mass is 325 g/mol. The Hall–Kier alpha value is -0.800. The van der Waals surface area contributed by atoms with E-state index in [4.69, 9.17) is 0 Å². The number of rotatable bonds is 2. The lowest BCUT2D eigenvalue weighted by molar-refractivity contribution is 1.51. The highest BCUT2D eigenvalue weighted by atomic mass is 79.9. The van der Waals surface area contributed by atoms with E-state index in [1.165, 1.54) is 0 Å². The lowest BCUT2D eigenvalue weighted by Gasteiger charge is -2.08. The SMILES string of the molecule is Brc1cccc(Nc2ccccc2Br)c1. The van der Waals surface area contributed by atoms with E-state index in [1.807, 2.05) is 48.5 Å². The summed E-state index contributed by atoms with van der Waals surface area (Å²) in [4.78, 5) is 0. The van der Waals surface area contributed by atoms with Gasteiger partial charge in [0, 0.05) is 14.6 Å². The summed E-state index contributed by atoms with van der Waals surface area (Å²) in [6, 6.07) is 16.1. The second-order valence-corrected chi connectivity index (χ2v) is 4.89. The van der Waals surface area contributed by atoms with E-state index in [0.29, 0.717) is 0 Å². The van der Waals surface area contributed by atoms with Gasteiger partial charge in [0.2, 0.25) is 0 Å². The highest BCUT2D eigenvalue weighted by Crippen LogP contribution is 2.26. The summed E-state index contributed by atoms with van der Waals surface area (Å²) < 4.78 is 2.13. The molecule has 0 aliphatic heterocycles. The van der Waals surface area contributed by atoms with Crippen LogP contribution >= 0.6 is 31.9 Å². The van der Waals surface area contributed by atoms with Crippen molar-refractivity contribution in [2.45, 2.75) is 0 Å². The van der Waals surface area contributed by atoms with Gasteiger partial charge in [0.25, 0.3) is 0 Å². The number of benzene rings is 2. The van der Waals surface area contributed by atoms with Crippen LogP contribution in [0.4, 0.5) is 11.4 Å². The van der Waals surface area contributed by atoms with Gasteiger partial charge in [0.05, 0.1) is 5.69 Å². The summed E-state index contributed by atoms with van der Waals surface area (Å²) in [5.74, 6) is 0. The van der Waals surface area contributed by atoms with E-state index in [1.54, 1.807) is 0 Å². The van der Waals surface area contributed by atoms with Crippen molar-refractivity contribution in [3.05, 3.63) is 57.5 Å². The minimum absolute atomic E-state index is 1.06. The van der Waals surface area contributed by atoms with Crippen LogP contribution in [0, 0.1) is 0 Å². The van der Waals surface area contributed by atoms with Crippen LogP contribution in [-0.4, -0.2) is 0 Å². The third-order valence-electron chi connectivity index (χ3n) is 1.98. The first-order valence-electron chi connectivity index (χ1n) is 4.53. The Morgan fingerprint density at radius 3 is 2.40 bits per heavy atom. The van der Waals surface area contributed by atoms with Crippen molar-refractivity contribution in [3.8, 4) is 0 Å². The average molecular weight is 327 g/mol. The summed E-state index contributed by atoms with van der Waals surface area (Å²) in [6.07, 6.45) is 0. The van der Waals surface area contributed by atoms with Crippen LogP contribution in [0.2, 0.25) is 0 Å². The summed E-state index contributed by atoms with van der Waals surface area (Å²) in [6.45, 7) is 0. The van der Waals surface area contributed by atoms with Gasteiger partial charge in [0.1, 0.15) is 0 Å². The van der Waals surface area contributed by atoms with Gasteiger partial charge < -0.3 is 5.32 Å². The first kappa shape index (κ1) is 10.7. The Kier molecular flexibility index (Phi) is 3.44. The maximum atomic E-state index is 3.50. The van der Waals surface area contributed by atoms with E-state index in [9.17, 15) is 0 Å². The molecule has 0 radical (unpaired) electrons. The molecular weight excluding hydrogens is 318 g/mol. The molecule has 2 rings (SSSR count). The van der Waals surface area contributed by atoms with Gasteiger partial charge in [-0.05, 0) is 46.3 Å². The number of nitrogens with one attached hydrogen (secondary N) is 1. The highest BCUT2D eigenvalue weighted by molar-refractivity contribution is 9.10. The largest absolute Gasteiger partial charge is 0.355 e. The molecule has 0 fully saturated rings. The number of para-hydroxylation sites is 1. The molecule has 0 saturated heterocycles. The van der Waals surface area contributed by atoms with Crippen molar-refractivity contribution in [1.82, 2.24) is 0 Å². The molecule has 0 spiro atoms. The molecule has 0 aliphatic carbocycles. The van der Waals surface area contributed by atoms with Gasteiger partial charge in [-0.1, -0.05) is 34.1 Å². The summed E-state index contributed by atoms with van der Waals surface area (Å²) in [5.41, 5.74) is 2.13. The van der Waals surface area contributed by atoms with Gasteiger partial charge in [-0.3, -0.25) is 0 Å². The molecule has 1 nitrogen and oxygen atoms in total. The van der Waals surface area contributed by atoms with Crippen LogP contribution in [0.1, 0.15) is 0 Å². The maximum Gasteiger partial charge on any atom is 0.0528 e. The van der Waals surface area contributed by atoms with Crippen LogP contribution < -0.4 is 5.32 Å². The third kappa shape index (κ3) is 2.83. The van der Waals surface area contributed by atoms with Crippen LogP contribution in [0.25, 0.3) is 0 Å². The fourth-order valence-corrected chi connectivity index (χ4v) is 2.07. The molecule has 15 heavy (non-hydrogen) atoms. The summed E-state index contributed by atoms with van der Waals surface area (Å²) >= 11 is 6.94. The molecule has 0 saturated carbocycles. The van der Waals surface area contributed by atoms with Crippen molar-refractivity contribution in [2.24, 2.45) is 0 Å². The van der Waals surface area contributed by atoms with Gasteiger partial charge >= 0.3 is 0 Å². The average Bonchev–Trinajstić information content (AvgIpc) is 2.22. The Balaban J connectivity index is 2.26. The lowest BCUT2D eigenvalue weighted by Crippen LogP contribution is -1.90. The Bertz CT molecular complexity index is 469. The van der Waals surface area contributed by atoms with E-state index in [2.05, 4.69) is 37.2 Å². The van der Waals surface area contributed by atoms with E-state index >= 15 is 0 Å². The van der Waals surface area contributed by atoms with Crippen molar-refractivity contribution in [2.75, 3.05) is 5.32 Å². The second-order valence-electron chi connectivity index (χ2n) is 3.12. The molecule has 2 aromatic rings. The standard InChI is InChI=1S/C12H9Br2N/c13-9-4-3-5-10(8-9)15-12-7-2-1-6-11(12)14/h1-8,15H. The molecule has 0 atom stereocenters. The van der Waals surface area contributed by atoms with Crippen LogP contribution in [0.3, 0.4) is 0 Å². The quantitative estimate of drug-likeness (QED) is 0.822. The predicted octanol–water partition coefficient (Wildman–Crippen LogP) is 4.96. The number of halogens is 2. The number of hydrogen-bond acceptors (Lipinski definition) is 1. The molecular formula is C12H9Br2N. The van der Waals surface area contributed by atoms with Crippen LogP contribution in [0.5, 0.6) is 0 Å². The molecule has 2 aromatic carbocycles. The third-order valence-corrected chi connectivity index (χ3v) is 3.16. The fraction of sp³-hybridized carbons (Fsp3) is 0. The maximum absolute atomic E-state index is 3.50. The molecule has 0 heterocycles. The minimum atomic E-state index is 1.06. The predicted molar refractivity (Wildman–Crippen MR) is 71.6 cm³/mol. The summed E-state index contributed by atoms with van der Waals surface area (Å²) in [7, 11) is 0. The Morgan fingerprint density at radius 1 is 0.867 bits per heavy atom. The van der Waals surface area contributed by atoms with Crippen LogP contribution in [-0.2, 0) is 0 Å². The van der Waals surface area contributed by atoms with Gasteiger partial charge in [0.15, 0.2) is 0 Å². The lowest BCUT2D eigenvalue weighted by atomic mass is 10.3. The van der Waals surface area contributed by atoms with E-state index in [-0.39, 0.29) is 0 Å². The van der Waals surface area contributed by atoms with Crippen LogP contribution in [0.15, 0.2) is 57.5 Å². The highest BCUT2D eigenvalue weighted by Gasteiger charge is 1.98. The van der Waals surface area contributed by atoms with Gasteiger partial charge in [-0.15, -0.1) is 0 Å². The molecule has 0 aliphatic rings. The summed E-state index contributed by atoms with van der Waals surface area (Å²) in [5, 5.41) is 3.34. The second kappa shape index (κ2) is 4.81. The van der Waals surface area contributed by atoms with Crippen molar-refractivity contribution < 1.29 is 0 Å². The molecule has 3 heteroatoms. The van der Waals surface area contributed by atoms with Gasteiger partial charge in [-0.2, -0.15) is 0 Å². The topological polar surface area (TPSA) is 12.0 Å². The first-order valence-corrected chi connectivity index (χ1v) is 6.11. The normalized spacial score (nSPS) is 10.0. The smallest absolute Gasteiger partial charge is 0.0528 e. The van der Waals surface area contributed by atoms with E-state index < -0.39 is 0 Å². The molecule has 0 aromatic heterocycles. The zero-order valence-electron chi connectivity index (χ0n) is 7.87. The Morgan fingerprint density at radius 2 is 1.67 bits per heavy atom. The number of anilines is 2. The zero-order chi connectivity index (χ0) is 10.7. The van der Waals surface area contributed by atoms with E-state index in [0.717, 1.165) is 20.3 Å². The minimum Gasteiger partial charge on any atom is -0.355 e. The zero-order valence-corrected chi connectivity index (χ0v) is 11.0. The molecule has 1 N–H and O–H groups in total. The van der Waals surface area contributed by atoms with Gasteiger partial charge in [-0.25, -0.2) is 0 Å². The molecule has 0 unspecified atom stereocenters. The first-order chi connectivity index (χ1) is 7.25. The molecule has 0 bridgehead atoms. The molecule has 76 valence electrons.